The first kappa shape index (κ1) is 19.6. The van der Waals surface area contributed by atoms with E-state index in [1.807, 2.05) is 0 Å². The summed E-state index contributed by atoms with van der Waals surface area (Å²) in [6.07, 6.45) is 1.57. The van der Waals surface area contributed by atoms with Gasteiger partial charge in [0.25, 0.3) is 5.91 Å². The molecular weight excluding hydrogens is 387 g/mol. The second-order valence-corrected chi connectivity index (χ2v) is 6.69. The zero-order chi connectivity index (χ0) is 21.3. The third-order valence-corrected chi connectivity index (χ3v) is 4.95. The summed E-state index contributed by atoms with van der Waals surface area (Å²) in [6, 6.07) is 12.4. The molecular formula is C23H19FN2O4. The average Bonchev–Trinajstić information content (AvgIpc) is 3.11. The van der Waals surface area contributed by atoms with E-state index in [0.717, 1.165) is 5.56 Å². The van der Waals surface area contributed by atoms with Crippen LogP contribution in [0.3, 0.4) is 0 Å². The highest BCUT2D eigenvalue weighted by atomic mass is 19.1. The van der Waals surface area contributed by atoms with E-state index in [2.05, 4.69) is 4.98 Å². The predicted octanol–water partition coefficient (Wildman–Crippen LogP) is 4.23. The number of halogens is 1. The van der Waals surface area contributed by atoms with Crippen molar-refractivity contribution < 1.29 is 23.5 Å². The summed E-state index contributed by atoms with van der Waals surface area (Å²) >= 11 is 0. The van der Waals surface area contributed by atoms with Crippen LogP contribution in [-0.4, -0.2) is 30.6 Å². The maximum atomic E-state index is 13.3. The second-order valence-electron chi connectivity index (χ2n) is 6.69. The van der Waals surface area contributed by atoms with E-state index in [0.29, 0.717) is 40.4 Å². The Morgan fingerprint density at radius 1 is 1.13 bits per heavy atom. The fourth-order valence-corrected chi connectivity index (χ4v) is 3.52. The average molecular weight is 406 g/mol. The molecule has 0 spiro atoms. The van der Waals surface area contributed by atoms with Gasteiger partial charge < -0.3 is 14.4 Å². The Morgan fingerprint density at radius 3 is 2.60 bits per heavy atom. The minimum absolute atomic E-state index is 0.178. The molecule has 0 fully saturated rings. The molecule has 2 heterocycles. The van der Waals surface area contributed by atoms with Crippen molar-refractivity contribution in [3.63, 3.8) is 0 Å². The van der Waals surface area contributed by atoms with E-state index in [-0.39, 0.29) is 18.3 Å². The summed E-state index contributed by atoms with van der Waals surface area (Å²) in [5.74, 6) is -0.528. The number of carbonyl (C=O) groups excluding carboxylic acids is 2. The van der Waals surface area contributed by atoms with Crippen LogP contribution in [0.1, 0.15) is 33.2 Å². The molecule has 0 saturated carbocycles. The number of anilines is 1. The summed E-state index contributed by atoms with van der Waals surface area (Å²) < 4.78 is 23.8. The van der Waals surface area contributed by atoms with Gasteiger partial charge in [-0.3, -0.25) is 9.78 Å². The third kappa shape index (κ3) is 3.39. The quantitative estimate of drug-likeness (QED) is 0.593. The van der Waals surface area contributed by atoms with E-state index in [9.17, 15) is 14.0 Å². The molecule has 6 nitrogen and oxygen atoms in total. The molecule has 0 radical (unpaired) electrons. The summed E-state index contributed by atoms with van der Waals surface area (Å²) in [5.41, 5.74) is 3.51. The number of carbonyl (C=O) groups is 2. The molecule has 3 aromatic rings. The fraction of sp³-hybridized carbons (Fsp3) is 0.174. The molecule has 1 amide bonds. The van der Waals surface area contributed by atoms with Gasteiger partial charge in [-0.2, -0.15) is 0 Å². The molecule has 0 unspecified atom stereocenters. The summed E-state index contributed by atoms with van der Waals surface area (Å²) in [6.45, 7) is 2.31. The predicted molar refractivity (Wildman–Crippen MR) is 109 cm³/mol. The molecule has 7 heteroatoms. The lowest BCUT2D eigenvalue weighted by molar-refractivity contribution is 0.0526. The van der Waals surface area contributed by atoms with Crippen LogP contribution in [0, 0.1) is 5.82 Å². The van der Waals surface area contributed by atoms with Gasteiger partial charge in [0.1, 0.15) is 11.6 Å². The normalized spacial score (nSPS) is 12.6. The number of hydrogen-bond acceptors (Lipinski definition) is 5. The molecule has 1 aromatic heterocycles. The van der Waals surface area contributed by atoms with Gasteiger partial charge in [0.2, 0.25) is 0 Å². The van der Waals surface area contributed by atoms with E-state index < -0.39 is 5.97 Å². The van der Waals surface area contributed by atoms with Gasteiger partial charge >= 0.3 is 5.97 Å². The number of amides is 1. The smallest absolute Gasteiger partial charge is 0.338 e. The van der Waals surface area contributed by atoms with E-state index in [1.165, 1.54) is 19.2 Å². The number of nitrogens with zero attached hydrogens (tertiary/aromatic N) is 2. The molecule has 4 rings (SSSR count). The monoisotopic (exact) mass is 406 g/mol. The largest absolute Gasteiger partial charge is 0.496 e. The number of esters is 1. The number of hydrogen-bond donors (Lipinski definition) is 0. The highest BCUT2D eigenvalue weighted by Crippen LogP contribution is 2.37. The van der Waals surface area contributed by atoms with Crippen LogP contribution in [0.2, 0.25) is 0 Å². The van der Waals surface area contributed by atoms with Crippen LogP contribution < -0.4 is 9.64 Å². The number of pyridine rings is 1. The number of aromatic nitrogens is 1. The number of methoxy groups -OCH3 is 1. The first-order valence-electron chi connectivity index (χ1n) is 9.44. The highest BCUT2D eigenvalue weighted by Gasteiger charge is 2.32. The number of benzene rings is 2. The molecule has 1 aliphatic rings. The third-order valence-electron chi connectivity index (χ3n) is 4.95. The van der Waals surface area contributed by atoms with Gasteiger partial charge in [-0.25, -0.2) is 9.18 Å². The zero-order valence-electron chi connectivity index (χ0n) is 16.5. The Balaban J connectivity index is 1.75. The minimum Gasteiger partial charge on any atom is -0.496 e. The number of ether oxygens (including phenoxy) is 2. The number of fused-ring (bicyclic) bond motifs is 1. The van der Waals surface area contributed by atoms with Gasteiger partial charge in [0, 0.05) is 28.6 Å². The van der Waals surface area contributed by atoms with Crippen LogP contribution in [-0.2, 0) is 11.3 Å². The molecule has 152 valence electrons. The Hall–Kier alpha value is -3.74. The molecule has 0 N–H and O–H groups in total. The molecule has 1 aliphatic heterocycles. The highest BCUT2D eigenvalue weighted by molar-refractivity contribution is 6.11. The van der Waals surface area contributed by atoms with Gasteiger partial charge in [-0.15, -0.1) is 0 Å². The summed E-state index contributed by atoms with van der Waals surface area (Å²) in [4.78, 5) is 31.1. The van der Waals surface area contributed by atoms with Crippen LogP contribution >= 0.6 is 0 Å². The molecule has 0 aliphatic carbocycles. The van der Waals surface area contributed by atoms with Gasteiger partial charge in [-0.1, -0.05) is 0 Å². The van der Waals surface area contributed by atoms with Crippen molar-refractivity contribution in [3.8, 4) is 17.0 Å². The second kappa shape index (κ2) is 7.94. The first-order chi connectivity index (χ1) is 14.5. The molecule has 30 heavy (non-hydrogen) atoms. The Labute approximate surface area is 172 Å². The van der Waals surface area contributed by atoms with E-state index in [1.54, 1.807) is 54.4 Å². The standard InChI is InChI=1S/C23H19FN2O4/c1-3-30-23(28)14-4-9-18(20(12-14)29-2)21-19-13-26(16-7-5-15(24)6-8-16)22(27)17(19)10-11-25-21/h4-12H,3,13H2,1-2H3. The molecule has 0 atom stereocenters. The van der Waals surface area contributed by atoms with Crippen molar-refractivity contribution in [1.29, 1.82) is 0 Å². The molecule has 0 saturated heterocycles. The Kier molecular flexibility index (Phi) is 5.18. The minimum atomic E-state index is -0.439. The summed E-state index contributed by atoms with van der Waals surface area (Å²) in [5, 5.41) is 0. The lowest BCUT2D eigenvalue weighted by Gasteiger charge is -2.16. The van der Waals surface area contributed by atoms with E-state index >= 15 is 0 Å². The first-order valence-corrected chi connectivity index (χ1v) is 9.44. The fourth-order valence-electron chi connectivity index (χ4n) is 3.52. The van der Waals surface area contributed by atoms with Crippen molar-refractivity contribution in [1.82, 2.24) is 4.98 Å². The van der Waals surface area contributed by atoms with Crippen LogP contribution in [0.25, 0.3) is 11.3 Å². The van der Waals surface area contributed by atoms with Crippen LogP contribution in [0.4, 0.5) is 10.1 Å². The maximum absolute atomic E-state index is 13.3. The SMILES string of the molecule is CCOC(=O)c1ccc(-c2nccc3c2CN(c2ccc(F)cc2)C3=O)c(OC)c1. The Bertz CT molecular complexity index is 1130. The van der Waals surface area contributed by atoms with Gasteiger partial charge in [0.05, 0.1) is 31.5 Å². The van der Waals surface area contributed by atoms with Crippen molar-refractivity contribution in [2.45, 2.75) is 13.5 Å². The lowest BCUT2D eigenvalue weighted by Crippen LogP contribution is -2.22. The topological polar surface area (TPSA) is 68.7 Å². The van der Waals surface area contributed by atoms with Gasteiger partial charge in [0.15, 0.2) is 0 Å². The lowest BCUT2D eigenvalue weighted by atomic mass is 10.0. The van der Waals surface area contributed by atoms with E-state index in [4.69, 9.17) is 9.47 Å². The van der Waals surface area contributed by atoms with Crippen molar-refractivity contribution >= 4 is 17.6 Å². The van der Waals surface area contributed by atoms with Crippen molar-refractivity contribution in [2.75, 3.05) is 18.6 Å². The van der Waals surface area contributed by atoms with Crippen molar-refractivity contribution in [3.05, 3.63) is 77.2 Å². The van der Waals surface area contributed by atoms with Crippen LogP contribution in [0.5, 0.6) is 5.75 Å². The van der Waals surface area contributed by atoms with Crippen LogP contribution in [0.15, 0.2) is 54.7 Å². The molecule has 0 bridgehead atoms. The number of rotatable bonds is 5. The van der Waals surface area contributed by atoms with Crippen molar-refractivity contribution in [2.24, 2.45) is 0 Å². The van der Waals surface area contributed by atoms with Gasteiger partial charge in [-0.05, 0) is 55.5 Å². The zero-order valence-corrected chi connectivity index (χ0v) is 16.5. The maximum Gasteiger partial charge on any atom is 0.338 e. The molecule has 2 aromatic carbocycles. The Morgan fingerprint density at radius 2 is 1.90 bits per heavy atom. The summed E-state index contributed by atoms with van der Waals surface area (Å²) in [7, 11) is 1.51.